The van der Waals surface area contributed by atoms with Crippen LogP contribution in [0.2, 0.25) is 5.02 Å². The lowest BCUT2D eigenvalue weighted by molar-refractivity contribution is -0.384. The predicted octanol–water partition coefficient (Wildman–Crippen LogP) is 5.54. The first-order chi connectivity index (χ1) is 16.9. The number of ether oxygens (including phenoxy) is 1. The number of rotatable bonds is 8. The molecule has 0 fully saturated rings. The summed E-state index contributed by atoms with van der Waals surface area (Å²) in [5.41, 5.74) is 2.37. The molecule has 1 N–H and O–H groups in total. The van der Waals surface area contributed by atoms with E-state index in [9.17, 15) is 14.9 Å². The van der Waals surface area contributed by atoms with Crippen molar-refractivity contribution in [1.29, 1.82) is 0 Å². The zero-order valence-corrected chi connectivity index (χ0v) is 20.3. The van der Waals surface area contributed by atoms with Crippen molar-refractivity contribution in [3.8, 4) is 22.8 Å². The molecule has 9 nitrogen and oxygen atoms in total. The molecule has 0 atom stereocenters. The molecule has 0 aliphatic carbocycles. The summed E-state index contributed by atoms with van der Waals surface area (Å²) in [5.74, 6) is 0.435. The fourth-order valence-corrected chi connectivity index (χ4v) is 4.24. The zero-order chi connectivity index (χ0) is 24.9. The summed E-state index contributed by atoms with van der Waals surface area (Å²) in [6.07, 6.45) is 0. The molecule has 1 heterocycles. The summed E-state index contributed by atoms with van der Waals surface area (Å²) in [6.45, 7) is 1.92. The van der Waals surface area contributed by atoms with Crippen molar-refractivity contribution < 1.29 is 14.5 Å². The van der Waals surface area contributed by atoms with Gasteiger partial charge in [0.2, 0.25) is 5.91 Å². The molecule has 0 spiro atoms. The van der Waals surface area contributed by atoms with Gasteiger partial charge in [0.25, 0.3) is 5.69 Å². The number of aromatic nitrogens is 3. The molecule has 0 saturated heterocycles. The molecule has 178 valence electrons. The van der Waals surface area contributed by atoms with Gasteiger partial charge in [-0.3, -0.25) is 19.5 Å². The quantitative estimate of drug-likeness (QED) is 0.188. The maximum atomic E-state index is 12.7. The normalized spacial score (nSPS) is 10.7. The number of carbonyl (C=O) groups is 1. The first kappa shape index (κ1) is 24.2. The van der Waals surface area contributed by atoms with Crippen LogP contribution in [-0.2, 0) is 4.79 Å². The van der Waals surface area contributed by atoms with E-state index in [1.165, 1.54) is 19.2 Å². The molecule has 0 aliphatic heterocycles. The number of nitro groups is 1. The van der Waals surface area contributed by atoms with Crippen LogP contribution in [0.3, 0.4) is 0 Å². The number of nitro benzene ring substituents is 1. The number of nitrogens with one attached hydrogen (secondary N) is 1. The van der Waals surface area contributed by atoms with E-state index in [1.807, 2.05) is 60.0 Å². The van der Waals surface area contributed by atoms with E-state index in [0.29, 0.717) is 21.8 Å². The molecule has 35 heavy (non-hydrogen) atoms. The Balaban J connectivity index is 1.59. The molecule has 0 bridgehead atoms. The van der Waals surface area contributed by atoms with Crippen LogP contribution in [0.5, 0.6) is 5.75 Å². The van der Waals surface area contributed by atoms with Gasteiger partial charge in [0.1, 0.15) is 11.4 Å². The molecule has 1 aromatic heterocycles. The van der Waals surface area contributed by atoms with Crippen molar-refractivity contribution in [2.75, 3.05) is 18.2 Å². The molecule has 3 aromatic carbocycles. The van der Waals surface area contributed by atoms with Gasteiger partial charge in [-0.2, -0.15) is 0 Å². The van der Waals surface area contributed by atoms with Crippen molar-refractivity contribution >= 4 is 40.6 Å². The van der Waals surface area contributed by atoms with Crippen molar-refractivity contribution in [2.45, 2.75) is 12.1 Å². The van der Waals surface area contributed by atoms with Crippen LogP contribution in [0.4, 0.5) is 11.4 Å². The number of methoxy groups -OCH3 is 1. The van der Waals surface area contributed by atoms with Crippen molar-refractivity contribution in [3.05, 3.63) is 87.4 Å². The highest BCUT2D eigenvalue weighted by molar-refractivity contribution is 7.99. The minimum absolute atomic E-state index is 0.0389. The van der Waals surface area contributed by atoms with Gasteiger partial charge in [0.15, 0.2) is 11.0 Å². The van der Waals surface area contributed by atoms with E-state index in [0.717, 1.165) is 28.6 Å². The number of aryl methyl sites for hydroxylation is 1. The summed E-state index contributed by atoms with van der Waals surface area (Å²) in [5, 5.41) is 23.7. The van der Waals surface area contributed by atoms with Crippen LogP contribution < -0.4 is 10.1 Å². The van der Waals surface area contributed by atoms with Crippen LogP contribution in [0.15, 0.2) is 71.9 Å². The number of thioether (sulfide) groups is 1. The Morgan fingerprint density at radius 2 is 1.91 bits per heavy atom. The lowest BCUT2D eigenvalue weighted by Crippen LogP contribution is -2.15. The van der Waals surface area contributed by atoms with Gasteiger partial charge in [-0.15, -0.1) is 10.2 Å². The second kappa shape index (κ2) is 10.6. The van der Waals surface area contributed by atoms with Crippen LogP contribution >= 0.6 is 23.4 Å². The van der Waals surface area contributed by atoms with Crippen LogP contribution in [0.25, 0.3) is 17.1 Å². The smallest absolute Gasteiger partial charge is 0.296 e. The predicted molar refractivity (Wildman–Crippen MR) is 136 cm³/mol. The standard InChI is InChI=1S/C24H20ClN5O4S/c1-15-8-9-16(12-19(15)25)23-27-28-24(29(23)17-6-4-3-5-7-17)35-14-22(31)26-20-11-10-18(34-2)13-21(20)30(32)33/h3-13H,14H2,1-2H3,(H,26,31). The average molecular weight is 510 g/mol. The van der Waals surface area contributed by atoms with E-state index in [1.54, 1.807) is 6.07 Å². The number of hydrogen-bond acceptors (Lipinski definition) is 7. The summed E-state index contributed by atoms with van der Waals surface area (Å²) in [4.78, 5) is 23.5. The maximum Gasteiger partial charge on any atom is 0.296 e. The lowest BCUT2D eigenvalue weighted by atomic mass is 10.1. The largest absolute Gasteiger partial charge is 0.496 e. The number of halogens is 1. The van der Waals surface area contributed by atoms with E-state index >= 15 is 0 Å². The highest BCUT2D eigenvalue weighted by Gasteiger charge is 2.20. The van der Waals surface area contributed by atoms with Gasteiger partial charge in [-0.1, -0.05) is 53.7 Å². The second-order valence-electron chi connectivity index (χ2n) is 7.42. The maximum absolute atomic E-state index is 12.7. The van der Waals surface area contributed by atoms with Gasteiger partial charge in [-0.25, -0.2) is 0 Å². The van der Waals surface area contributed by atoms with Crippen LogP contribution in [-0.4, -0.2) is 38.5 Å². The van der Waals surface area contributed by atoms with Crippen molar-refractivity contribution in [3.63, 3.8) is 0 Å². The van der Waals surface area contributed by atoms with E-state index in [2.05, 4.69) is 15.5 Å². The fourth-order valence-electron chi connectivity index (χ4n) is 3.30. The van der Waals surface area contributed by atoms with Gasteiger partial charge >= 0.3 is 0 Å². The average Bonchev–Trinajstić information content (AvgIpc) is 3.29. The summed E-state index contributed by atoms with van der Waals surface area (Å²) < 4.78 is 6.87. The van der Waals surface area contributed by atoms with Crippen LogP contribution in [0.1, 0.15) is 5.56 Å². The molecule has 4 aromatic rings. The van der Waals surface area contributed by atoms with Gasteiger partial charge < -0.3 is 10.1 Å². The Hall–Kier alpha value is -3.89. The summed E-state index contributed by atoms with van der Waals surface area (Å²) in [6, 6.07) is 19.4. The Morgan fingerprint density at radius 3 is 2.60 bits per heavy atom. The van der Waals surface area contributed by atoms with Gasteiger partial charge in [-0.05, 0) is 42.8 Å². The Morgan fingerprint density at radius 1 is 1.14 bits per heavy atom. The highest BCUT2D eigenvalue weighted by atomic mass is 35.5. The molecule has 11 heteroatoms. The van der Waals surface area contributed by atoms with E-state index in [4.69, 9.17) is 16.3 Å². The number of hydrogen-bond donors (Lipinski definition) is 1. The van der Waals surface area contributed by atoms with Crippen molar-refractivity contribution in [2.24, 2.45) is 0 Å². The third-order valence-electron chi connectivity index (χ3n) is 5.09. The Labute approximate surface area is 210 Å². The van der Waals surface area contributed by atoms with Gasteiger partial charge in [0, 0.05) is 16.3 Å². The first-order valence-electron chi connectivity index (χ1n) is 10.4. The van der Waals surface area contributed by atoms with E-state index in [-0.39, 0.29) is 17.1 Å². The van der Waals surface area contributed by atoms with E-state index < -0.39 is 10.8 Å². The molecule has 0 radical (unpaired) electrons. The molecule has 0 aliphatic rings. The Bertz CT molecular complexity index is 1390. The van der Waals surface area contributed by atoms with Gasteiger partial charge in [0.05, 0.1) is 23.9 Å². The SMILES string of the molecule is COc1ccc(NC(=O)CSc2nnc(-c3ccc(C)c(Cl)c3)n2-c2ccccc2)c([N+](=O)[O-])c1. The zero-order valence-electron chi connectivity index (χ0n) is 18.8. The highest BCUT2D eigenvalue weighted by Crippen LogP contribution is 2.32. The van der Waals surface area contributed by atoms with Crippen LogP contribution in [0, 0.1) is 17.0 Å². The monoisotopic (exact) mass is 509 g/mol. The third-order valence-corrected chi connectivity index (χ3v) is 6.42. The number of anilines is 1. The topological polar surface area (TPSA) is 112 Å². The molecular formula is C24H20ClN5O4S. The second-order valence-corrected chi connectivity index (χ2v) is 8.77. The Kier molecular flexibility index (Phi) is 7.33. The number of carbonyl (C=O) groups excluding carboxylic acids is 1. The number of para-hydroxylation sites is 1. The first-order valence-corrected chi connectivity index (χ1v) is 11.8. The lowest BCUT2D eigenvalue weighted by Gasteiger charge is -2.11. The molecule has 0 unspecified atom stereocenters. The summed E-state index contributed by atoms with van der Waals surface area (Å²) in [7, 11) is 1.41. The molecule has 4 rings (SSSR count). The minimum Gasteiger partial charge on any atom is -0.496 e. The number of amides is 1. The molecule has 1 amide bonds. The number of benzene rings is 3. The summed E-state index contributed by atoms with van der Waals surface area (Å²) >= 11 is 7.50. The fraction of sp³-hybridized carbons (Fsp3) is 0.125. The number of nitrogens with zero attached hydrogens (tertiary/aromatic N) is 4. The third kappa shape index (κ3) is 5.44. The molecular weight excluding hydrogens is 490 g/mol. The van der Waals surface area contributed by atoms with Crippen molar-refractivity contribution in [1.82, 2.24) is 14.8 Å². The minimum atomic E-state index is -0.573. The molecule has 0 saturated carbocycles.